The minimum Gasteiger partial charge on any atom is -0.310 e. The van der Waals surface area contributed by atoms with Crippen LogP contribution in [0.25, 0.3) is 95.3 Å². The zero-order chi connectivity index (χ0) is 83.2. The van der Waals surface area contributed by atoms with E-state index in [4.69, 9.17) is 0 Å². The van der Waals surface area contributed by atoms with Crippen LogP contribution in [0.5, 0.6) is 0 Å². The maximum absolute atomic E-state index is 13.3. The van der Waals surface area contributed by atoms with Crippen LogP contribution in [0.1, 0.15) is 81.8 Å². The molecule has 4 aliphatic heterocycles. The lowest BCUT2D eigenvalue weighted by molar-refractivity contribution is 0.102. The van der Waals surface area contributed by atoms with Crippen LogP contribution in [-0.4, -0.2) is 37.5 Å². The second kappa shape index (κ2) is 28.8. The van der Waals surface area contributed by atoms with E-state index in [0.717, 1.165) is 107 Å². The fraction of sp³-hybridized carbons (Fsp3) is 0.0566. The van der Waals surface area contributed by atoms with E-state index in [1.807, 2.05) is 115 Å². The highest BCUT2D eigenvalue weighted by Gasteiger charge is 2.41. The van der Waals surface area contributed by atoms with E-state index in [9.17, 15) is 36.0 Å². The molecule has 4 aromatic heterocycles. The maximum atomic E-state index is 13.3. The highest BCUT2D eigenvalue weighted by atomic mass is 32.2. The summed E-state index contributed by atoms with van der Waals surface area (Å²) in [5.41, 5.74) is 18.0. The third-order valence-electron chi connectivity index (χ3n) is 24.4. The van der Waals surface area contributed by atoms with E-state index in [1.165, 1.54) is 56.5 Å². The Hall–Kier alpha value is -14.3. The summed E-state index contributed by atoms with van der Waals surface area (Å²) < 4.78 is 61.1. The number of anilines is 6. The van der Waals surface area contributed by atoms with Crippen LogP contribution in [0.2, 0.25) is 0 Å². The Morgan fingerprint density at radius 3 is 0.893 bits per heavy atom. The summed E-state index contributed by atoms with van der Waals surface area (Å²) in [6.07, 6.45) is 0. The first-order valence-electron chi connectivity index (χ1n) is 40.2. The molecule has 588 valence electrons. The minimum absolute atomic E-state index is 0.0638. The number of sulfone groups is 2. The SMILES string of the molecule is CC1(C)c2ccccc2N(c2ccc3c(c2)C(=O)c2ccccc2S3(=O)=O)c2ccccc21.CC1(C)c2ccccc2N(c2ccc3sc4ccccc4c(=O)c3c2)c2ccccc21.O=C1c2ccccc2S(=O)(=O)c2ccc(-n3c4ccccc4c4ccccc43)cc21.O=c1c2ccccc2sc2ccc(-n3c4ccccc4c4ccccc43)cc12. The van der Waals surface area contributed by atoms with Gasteiger partial charge in [0.1, 0.15) is 0 Å². The predicted octanol–water partition coefficient (Wildman–Crippen LogP) is 25.4. The summed E-state index contributed by atoms with van der Waals surface area (Å²) in [5.74, 6) is -0.533. The van der Waals surface area contributed by atoms with Crippen LogP contribution < -0.4 is 20.7 Å². The Balaban J connectivity index is 0.000000100. The molecule has 16 heteroatoms. The Morgan fingerprint density at radius 2 is 0.500 bits per heavy atom. The molecule has 0 saturated carbocycles. The normalized spacial score (nSPS) is 14.5. The summed E-state index contributed by atoms with van der Waals surface area (Å²) in [4.78, 5) is 57.7. The fourth-order valence-electron chi connectivity index (χ4n) is 18.6. The Kier molecular flexibility index (Phi) is 17.7. The Labute approximate surface area is 710 Å². The number of rotatable bonds is 4. The van der Waals surface area contributed by atoms with Gasteiger partial charge in [-0.25, -0.2) is 16.8 Å². The molecule has 0 radical (unpaired) electrons. The van der Waals surface area contributed by atoms with Crippen LogP contribution in [0, 0.1) is 0 Å². The van der Waals surface area contributed by atoms with Crippen molar-refractivity contribution in [2.75, 3.05) is 9.80 Å². The molecule has 20 aromatic rings. The van der Waals surface area contributed by atoms with E-state index < -0.39 is 19.7 Å². The number of para-hydroxylation sites is 8. The molecule has 12 nitrogen and oxygen atoms in total. The zero-order valence-corrected chi connectivity index (χ0v) is 69.6. The van der Waals surface area contributed by atoms with Crippen LogP contribution in [-0.2, 0) is 30.5 Å². The number of nitrogens with zero attached hydrogens (tertiary/aromatic N) is 4. The topological polar surface area (TPSA) is 153 Å². The van der Waals surface area contributed by atoms with Crippen molar-refractivity contribution in [2.24, 2.45) is 0 Å². The van der Waals surface area contributed by atoms with Crippen molar-refractivity contribution in [2.45, 2.75) is 58.1 Å². The molecule has 8 heterocycles. The zero-order valence-electron chi connectivity index (χ0n) is 66.3. The van der Waals surface area contributed by atoms with Crippen molar-refractivity contribution in [3.05, 3.63) is 429 Å². The van der Waals surface area contributed by atoms with Crippen molar-refractivity contribution < 1.29 is 26.4 Å². The van der Waals surface area contributed by atoms with Crippen molar-refractivity contribution >= 4 is 172 Å². The molecule has 4 aliphatic rings. The van der Waals surface area contributed by atoms with Gasteiger partial charge in [0.15, 0.2) is 22.4 Å². The van der Waals surface area contributed by atoms with Crippen molar-refractivity contribution in [3.8, 4) is 11.4 Å². The lowest BCUT2D eigenvalue weighted by Gasteiger charge is -2.42. The average molecular weight is 1660 g/mol. The van der Waals surface area contributed by atoms with Crippen LogP contribution in [0.15, 0.2) is 393 Å². The van der Waals surface area contributed by atoms with Gasteiger partial charge >= 0.3 is 0 Å². The average Bonchev–Trinajstić information content (AvgIpc) is 0.743. The number of hydrogen-bond donors (Lipinski definition) is 0. The quantitative estimate of drug-likeness (QED) is 0.156. The number of fused-ring (bicyclic) bond motifs is 18. The molecule has 24 rings (SSSR count). The third-order valence-corrected chi connectivity index (χ3v) is 30.5. The molecule has 0 N–H and O–H groups in total. The highest BCUT2D eigenvalue weighted by molar-refractivity contribution is 7.92. The van der Waals surface area contributed by atoms with Gasteiger partial charge in [0, 0.05) is 118 Å². The summed E-state index contributed by atoms with van der Waals surface area (Å²) in [6, 6.07) is 118. The summed E-state index contributed by atoms with van der Waals surface area (Å²) in [7, 11) is -7.50. The summed E-state index contributed by atoms with van der Waals surface area (Å²) in [5, 5.41) is 7.80. The molecule has 0 amide bonds. The molecule has 122 heavy (non-hydrogen) atoms. The van der Waals surface area contributed by atoms with Gasteiger partial charge in [-0.2, -0.15) is 0 Å². The van der Waals surface area contributed by atoms with Crippen LogP contribution >= 0.6 is 22.7 Å². The molecule has 0 fully saturated rings. The first-order chi connectivity index (χ1) is 59.2. The van der Waals surface area contributed by atoms with E-state index in [1.54, 1.807) is 95.5 Å². The van der Waals surface area contributed by atoms with Gasteiger partial charge in [0.2, 0.25) is 19.7 Å². The van der Waals surface area contributed by atoms with E-state index in [-0.39, 0.29) is 75.1 Å². The summed E-state index contributed by atoms with van der Waals surface area (Å²) in [6.45, 7) is 8.99. The number of hydrogen-bond acceptors (Lipinski definition) is 12. The number of ketones is 2. The Morgan fingerprint density at radius 1 is 0.238 bits per heavy atom. The van der Waals surface area contributed by atoms with Crippen LogP contribution in [0.4, 0.5) is 34.1 Å². The monoisotopic (exact) mass is 1660 g/mol. The van der Waals surface area contributed by atoms with Gasteiger partial charge in [-0.15, -0.1) is 22.7 Å². The van der Waals surface area contributed by atoms with E-state index >= 15 is 0 Å². The van der Waals surface area contributed by atoms with Crippen molar-refractivity contribution in [3.63, 3.8) is 0 Å². The number of benzene rings is 16. The van der Waals surface area contributed by atoms with Gasteiger partial charge in [-0.1, -0.05) is 222 Å². The molecule has 0 bridgehead atoms. The predicted molar refractivity (Wildman–Crippen MR) is 497 cm³/mol. The van der Waals surface area contributed by atoms with Gasteiger partial charge < -0.3 is 18.9 Å². The second-order valence-corrected chi connectivity index (χ2v) is 37.9. The number of carbonyl (C=O) groups excluding carboxylic acids is 2. The first kappa shape index (κ1) is 75.2. The molecule has 0 spiro atoms. The first-order valence-corrected chi connectivity index (χ1v) is 44.8. The molecule has 0 unspecified atom stereocenters. The molecule has 0 aliphatic carbocycles. The van der Waals surface area contributed by atoms with Gasteiger partial charge in [0.25, 0.3) is 0 Å². The van der Waals surface area contributed by atoms with Crippen molar-refractivity contribution in [1.29, 1.82) is 0 Å². The second-order valence-electron chi connectivity index (χ2n) is 32.0. The van der Waals surface area contributed by atoms with E-state index in [0.29, 0.717) is 0 Å². The molecular weight excluding hydrogens is 1590 g/mol. The number of aromatic nitrogens is 2. The minimum atomic E-state index is -3.76. The van der Waals surface area contributed by atoms with Gasteiger partial charge in [-0.05, 0) is 192 Å². The number of carbonyl (C=O) groups is 2. The standard InChI is InChI=1S/C28H21NO3S.C28H21NOS.C25H15NO3S.C25H15NOS/c1-28(2)21-10-4-6-12-23(21)29(24-13-7-5-11-22(24)28)18-15-16-26-20(17-18)27(30)19-9-3-8-14-25(19)33(26,31)32;1-28(2)21-10-4-6-12-23(21)29(24-13-7-5-11-22(24)28)18-15-16-26-20(17-18)27(30)19-9-3-8-14-25(19)31-26;27-25-19-9-3-6-12-23(19)30(28,29)24-14-13-16(15-20(24)25)26-21-10-4-1-7-17(21)18-8-2-5-11-22(18)26;27-25-19-9-3-6-12-23(19)28-24-14-13-16(15-20(24)25)26-21-10-4-1-7-17(21)18-8-2-5-11-22(18)26/h3-17H,1-2H3;3-17H,1-2H3;1-15H;1-15H. The Bertz CT molecular complexity index is 8070. The van der Waals surface area contributed by atoms with Gasteiger partial charge in [-0.3, -0.25) is 19.2 Å². The van der Waals surface area contributed by atoms with Crippen LogP contribution in [0.3, 0.4) is 0 Å². The summed E-state index contributed by atoms with van der Waals surface area (Å²) >= 11 is 3.34. The maximum Gasteiger partial charge on any atom is 0.208 e. The third kappa shape index (κ3) is 11.8. The lowest BCUT2D eigenvalue weighted by Crippen LogP contribution is -2.30. The molecule has 0 saturated heterocycles. The molecular formula is C106H72N4O8S4. The fourth-order valence-corrected chi connectivity index (χ4v) is 24.0. The molecule has 16 aromatic carbocycles. The highest BCUT2D eigenvalue weighted by Crippen LogP contribution is 2.55. The lowest BCUT2D eigenvalue weighted by atomic mass is 9.73. The molecule has 0 atom stereocenters. The van der Waals surface area contributed by atoms with Crippen molar-refractivity contribution in [1.82, 2.24) is 9.13 Å². The smallest absolute Gasteiger partial charge is 0.208 e. The van der Waals surface area contributed by atoms with E-state index in [2.05, 4.69) is 210 Å². The largest absolute Gasteiger partial charge is 0.310 e. The van der Waals surface area contributed by atoms with Gasteiger partial charge in [0.05, 0.1) is 64.4 Å².